The van der Waals surface area contributed by atoms with E-state index in [0.29, 0.717) is 23.1 Å². The largest absolute Gasteiger partial charge is 0.493 e. The van der Waals surface area contributed by atoms with Gasteiger partial charge in [0.05, 0.1) is 7.11 Å². The number of anilines is 1. The Morgan fingerprint density at radius 1 is 1.16 bits per heavy atom. The smallest absolute Gasteiger partial charge is 0.222 e. The van der Waals surface area contributed by atoms with Gasteiger partial charge < -0.3 is 15.2 Å². The van der Waals surface area contributed by atoms with Gasteiger partial charge in [-0.1, -0.05) is 13.3 Å². The van der Waals surface area contributed by atoms with Gasteiger partial charge in [-0.3, -0.25) is 0 Å². The molecular formula is C14H17N3O2. The molecule has 2 N–H and O–H groups in total. The van der Waals surface area contributed by atoms with E-state index in [2.05, 4.69) is 16.9 Å². The number of aryl methyl sites for hydroxylation is 1. The highest BCUT2D eigenvalue weighted by molar-refractivity contribution is 5.52. The number of nitrogen functional groups attached to an aromatic ring is 1. The molecule has 1 heterocycles. The van der Waals surface area contributed by atoms with Crippen molar-refractivity contribution in [2.24, 2.45) is 0 Å². The third kappa shape index (κ3) is 3.34. The first-order chi connectivity index (χ1) is 9.22. The topological polar surface area (TPSA) is 70.3 Å². The second-order valence-electron chi connectivity index (χ2n) is 4.11. The monoisotopic (exact) mass is 259 g/mol. The summed E-state index contributed by atoms with van der Waals surface area (Å²) < 4.78 is 10.9. The van der Waals surface area contributed by atoms with Gasteiger partial charge in [0.1, 0.15) is 6.33 Å². The molecule has 0 unspecified atom stereocenters. The number of methoxy groups -OCH3 is 1. The summed E-state index contributed by atoms with van der Waals surface area (Å²) in [5.41, 5.74) is 7.31. The molecule has 5 nitrogen and oxygen atoms in total. The first kappa shape index (κ1) is 13.1. The molecule has 0 radical (unpaired) electrons. The summed E-state index contributed by atoms with van der Waals surface area (Å²) in [7, 11) is 1.58. The molecule has 19 heavy (non-hydrogen) atoms. The van der Waals surface area contributed by atoms with Crippen LogP contribution < -0.4 is 15.2 Å². The standard InChI is InChI=1S/C14H17N3O2/c1-3-4-11-8-14(17-9-16-11)19-13-7-10(15)5-6-12(13)18-2/h5-9H,3-4,15H2,1-2H3. The van der Waals surface area contributed by atoms with E-state index in [0.717, 1.165) is 18.5 Å². The van der Waals surface area contributed by atoms with Crippen molar-refractivity contribution in [1.82, 2.24) is 9.97 Å². The number of aromatic nitrogens is 2. The molecule has 0 aliphatic rings. The highest BCUT2D eigenvalue weighted by atomic mass is 16.5. The normalized spacial score (nSPS) is 10.2. The van der Waals surface area contributed by atoms with E-state index in [4.69, 9.17) is 15.2 Å². The quantitative estimate of drug-likeness (QED) is 0.836. The van der Waals surface area contributed by atoms with E-state index >= 15 is 0 Å². The van der Waals surface area contributed by atoms with E-state index in [9.17, 15) is 0 Å². The van der Waals surface area contributed by atoms with Gasteiger partial charge in [-0.25, -0.2) is 9.97 Å². The zero-order valence-electron chi connectivity index (χ0n) is 11.1. The molecule has 2 aromatic rings. The summed E-state index contributed by atoms with van der Waals surface area (Å²) >= 11 is 0. The Bertz CT molecular complexity index is 558. The Kier molecular flexibility index (Phi) is 4.18. The number of hydrogen-bond donors (Lipinski definition) is 1. The fourth-order valence-corrected chi connectivity index (χ4v) is 1.71. The van der Waals surface area contributed by atoms with Crippen LogP contribution in [0.1, 0.15) is 19.0 Å². The molecule has 0 aliphatic carbocycles. The Labute approximate surface area is 112 Å². The lowest BCUT2D eigenvalue weighted by molar-refractivity contribution is 0.374. The van der Waals surface area contributed by atoms with E-state index in [1.54, 1.807) is 25.3 Å². The van der Waals surface area contributed by atoms with Crippen molar-refractivity contribution >= 4 is 5.69 Å². The number of ether oxygens (including phenoxy) is 2. The molecule has 1 aromatic heterocycles. The summed E-state index contributed by atoms with van der Waals surface area (Å²) in [6.07, 6.45) is 3.42. The summed E-state index contributed by atoms with van der Waals surface area (Å²) in [5, 5.41) is 0. The zero-order chi connectivity index (χ0) is 13.7. The van der Waals surface area contributed by atoms with Gasteiger partial charge in [0, 0.05) is 23.5 Å². The molecule has 0 spiro atoms. The lowest BCUT2D eigenvalue weighted by atomic mass is 10.2. The SMILES string of the molecule is CCCc1cc(Oc2cc(N)ccc2OC)ncn1. The first-order valence-electron chi connectivity index (χ1n) is 6.15. The lowest BCUT2D eigenvalue weighted by Crippen LogP contribution is -1.96. The predicted molar refractivity (Wildman–Crippen MR) is 73.5 cm³/mol. The van der Waals surface area contributed by atoms with Gasteiger partial charge >= 0.3 is 0 Å². The van der Waals surface area contributed by atoms with Crippen molar-refractivity contribution in [3.05, 3.63) is 36.3 Å². The number of benzene rings is 1. The van der Waals surface area contributed by atoms with Crippen LogP contribution >= 0.6 is 0 Å². The average molecular weight is 259 g/mol. The molecule has 2 rings (SSSR count). The Morgan fingerprint density at radius 2 is 2.00 bits per heavy atom. The van der Waals surface area contributed by atoms with E-state index in [1.807, 2.05) is 6.07 Å². The number of nitrogens with two attached hydrogens (primary N) is 1. The van der Waals surface area contributed by atoms with Gasteiger partial charge in [0.2, 0.25) is 5.88 Å². The van der Waals surface area contributed by atoms with E-state index < -0.39 is 0 Å². The molecule has 0 bridgehead atoms. The lowest BCUT2D eigenvalue weighted by Gasteiger charge is -2.10. The van der Waals surface area contributed by atoms with Crippen molar-refractivity contribution in [3.8, 4) is 17.4 Å². The minimum absolute atomic E-state index is 0.488. The second kappa shape index (κ2) is 6.04. The maximum Gasteiger partial charge on any atom is 0.222 e. The summed E-state index contributed by atoms with van der Waals surface area (Å²) in [4.78, 5) is 8.28. The molecule has 1 aromatic carbocycles. The van der Waals surface area contributed by atoms with E-state index in [1.165, 1.54) is 6.33 Å². The van der Waals surface area contributed by atoms with Crippen LogP contribution in [0.2, 0.25) is 0 Å². The van der Waals surface area contributed by atoms with Gasteiger partial charge in [-0.05, 0) is 18.6 Å². The molecule has 0 atom stereocenters. The first-order valence-corrected chi connectivity index (χ1v) is 6.15. The van der Waals surface area contributed by atoms with Crippen LogP contribution in [-0.2, 0) is 6.42 Å². The van der Waals surface area contributed by atoms with Crippen molar-refractivity contribution in [2.45, 2.75) is 19.8 Å². The maximum atomic E-state index is 5.75. The summed E-state index contributed by atoms with van der Waals surface area (Å²) in [5.74, 6) is 1.65. The summed E-state index contributed by atoms with van der Waals surface area (Å²) in [6, 6.07) is 7.06. The third-order valence-electron chi connectivity index (χ3n) is 2.61. The predicted octanol–water partition coefficient (Wildman–Crippen LogP) is 2.81. The highest BCUT2D eigenvalue weighted by Gasteiger charge is 2.07. The fraction of sp³-hybridized carbons (Fsp3) is 0.286. The van der Waals surface area contributed by atoms with Gasteiger partial charge in [0.25, 0.3) is 0 Å². The molecule has 0 aliphatic heterocycles. The minimum Gasteiger partial charge on any atom is -0.493 e. The molecule has 0 saturated carbocycles. The maximum absolute atomic E-state index is 5.75. The van der Waals surface area contributed by atoms with Crippen LogP contribution in [0.3, 0.4) is 0 Å². The van der Waals surface area contributed by atoms with Crippen molar-refractivity contribution < 1.29 is 9.47 Å². The van der Waals surface area contributed by atoms with Gasteiger partial charge in [-0.2, -0.15) is 0 Å². The molecule has 100 valence electrons. The molecule has 0 saturated heterocycles. The Balaban J connectivity index is 2.25. The molecule has 0 fully saturated rings. The zero-order valence-corrected chi connectivity index (χ0v) is 11.1. The Hall–Kier alpha value is -2.30. The van der Waals surface area contributed by atoms with Crippen LogP contribution in [0.25, 0.3) is 0 Å². The fourth-order valence-electron chi connectivity index (χ4n) is 1.71. The highest BCUT2D eigenvalue weighted by Crippen LogP contribution is 2.32. The van der Waals surface area contributed by atoms with Crippen molar-refractivity contribution in [2.75, 3.05) is 12.8 Å². The minimum atomic E-state index is 0.488. The van der Waals surface area contributed by atoms with Crippen molar-refractivity contribution in [1.29, 1.82) is 0 Å². The van der Waals surface area contributed by atoms with Crippen LogP contribution in [0.15, 0.2) is 30.6 Å². The molecule has 5 heteroatoms. The number of nitrogens with zero attached hydrogens (tertiary/aromatic N) is 2. The average Bonchev–Trinajstić information content (AvgIpc) is 2.40. The summed E-state index contributed by atoms with van der Waals surface area (Å²) in [6.45, 7) is 2.10. The van der Waals surface area contributed by atoms with Gasteiger partial charge in [0.15, 0.2) is 11.5 Å². The Morgan fingerprint density at radius 3 is 2.74 bits per heavy atom. The number of hydrogen-bond acceptors (Lipinski definition) is 5. The number of rotatable bonds is 5. The van der Waals surface area contributed by atoms with Crippen LogP contribution in [0, 0.1) is 0 Å². The van der Waals surface area contributed by atoms with Crippen LogP contribution in [0.5, 0.6) is 17.4 Å². The van der Waals surface area contributed by atoms with Crippen LogP contribution in [-0.4, -0.2) is 17.1 Å². The van der Waals surface area contributed by atoms with Crippen molar-refractivity contribution in [3.63, 3.8) is 0 Å². The third-order valence-corrected chi connectivity index (χ3v) is 2.61. The van der Waals surface area contributed by atoms with Gasteiger partial charge in [-0.15, -0.1) is 0 Å². The van der Waals surface area contributed by atoms with Crippen LogP contribution in [0.4, 0.5) is 5.69 Å². The van der Waals surface area contributed by atoms with E-state index in [-0.39, 0.29) is 0 Å². The molecule has 0 amide bonds. The second-order valence-corrected chi connectivity index (χ2v) is 4.11. The molecular weight excluding hydrogens is 242 g/mol.